The molecule has 0 aromatic heterocycles. The summed E-state index contributed by atoms with van der Waals surface area (Å²) in [5.41, 5.74) is 0. The fourth-order valence-electron chi connectivity index (χ4n) is 0.495. The molecule has 1 atom stereocenters. The summed E-state index contributed by atoms with van der Waals surface area (Å²) < 4.78 is 10.0. The fourth-order valence-corrected chi connectivity index (χ4v) is 0.495. The van der Waals surface area contributed by atoms with Gasteiger partial charge in [-0.2, -0.15) is 0 Å². The Balaban J connectivity index is -0.0000000675. The molecule has 0 heterocycles. The molecule has 0 bridgehead atoms. The molecule has 0 aromatic rings. The molecular weight excluding hydrogens is 175 g/mol. The molecular formula is C11H31BO2. The SMILES string of the molecule is C.C.C.C.[B]CC(C)COCCOC. The molecule has 2 nitrogen and oxygen atoms in total. The van der Waals surface area contributed by atoms with Crippen molar-refractivity contribution in [2.24, 2.45) is 5.92 Å². The lowest BCUT2D eigenvalue weighted by molar-refractivity contribution is 0.0573. The molecule has 0 saturated heterocycles. The maximum Gasteiger partial charge on any atom is 0.0700 e. The van der Waals surface area contributed by atoms with Gasteiger partial charge in [-0.25, -0.2) is 0 Å². The summed E-state index contributed by atoms with van der Waals surface area (Å²) >= 11 is 0. The van der Waals surface area contributed by atoms with Crippen LogP contribution in [-0.2, 0) is 9.47 Å². The summed E-state index contributed by atoms with van der Waals surface area (Å²) in [4.78, 5) is 0. The van der Waals surface area contributed by atoms with E-state index in [4.69, 9.17) is 17.3 Å². The number of hydrogen-bond donors (Lipinski definition) is 0. The first-order valence-corrected chi connectivity index (χ1v) is 3.58. The van der Waals surface area contributed by atoms with Gasteiger partial charge in [0.05, 0.1) is 21.1 Å². The van der Waals surface area contributed by atoms with Crippen molar-refractivity contribution < 1.29 is 9.47 Å². The van der Waals surface area contributed by atoms with E-state index >= 15 is 0 Å². The van der Waals surface area contributed by atoms with Crippen LogP contribution in [0, 0.1) is 5.92 Å². The monoisotopic (exact) mass is 206 g/mol. The molecule has 0 N–H and O–H groups in total. The van der Waals surface area contributed by atoms with Gasteiger partial charge in [-0.1, -0.05) is 43.0 Å². The second-order valence-corrected chi connectivity index (χ2v) is 2.41. The van der Waals surface area contributed by atoms with Gasteiger partial charge in [0.1, 0.15) is 0 Å². The van der Waals surface area contributed by atoms with Crippen molar-refractivity contribution in [1.82, 2.24) is 0 Å². The highest BCUT2D eigenvalue weighted by Crippen LogP contribution is 1.98. The Morgan fingerprint density at radius 2 is 1.57 bits per heavy atom. The van der Waals surface area contributed by atoms with Crippen LogP contribution >= 0.6 is 0 Å². The first-order chi connectivity index (χ1) is 4.81. The number of methoxy groups -OCH3 is 1. The summed E-state index contributed by atoms with van der Waals surface area (Å²) in [6.07, 6.45) is 0.687. The van der Waals surface area contributed by atoms with E-state index in [1.54, 1.807) is 7.11 Å². The van der Waals surface area contributed by atoms with Gasteiger partial charge in [0, 0.05) is 13.7 Å². The summed E-state index contributed by atoms with van der Waals surface area (Å²) in [6, 6.07) is 0. The summed E-state index contributed by atoms with van der Waals surface area (Å²) in [5, 5.41) is 0. The first-order valence-electron chi connectivity index (χ1n) is 3.58. The van der Waals surface area contributed by atoms with E-state index in [-0.39, 0.29) is 29.7 Å². The highest BCUT2D eigenvalue weighted by atomic mass is 16.5. The van der Waals surface area contributed by atoms with Crippen LogP contribution in [0.3, 0.4) is 0 Å². The fraction of sp³-hybridized carbons (Fsp3) is 1.00. The van der Waals surface area contributed by atoms with Gasteiger partial charge in [-0.3, -0.25) is 0 Å². The van der Waals surface area contributed by atoms with Gasteiger partial charge >= 0.3 is 0 Å². The zero-order chi connectivity index (χ0) is 7.82. The Kier molecular flexibility index (Phi) is 48.2. The largest absolute Gasteiger partial charge is 0.382 e. The minimum atomic E-state index is 0. The van der Waals surface area contributed by atoms with Gasteiger partial charge in [-0.15, -0.1) is 0 Å². The Morgan fingerprint density at radius 3 is 1.93 bits per heavy atom. The molecule has 0 saturated carbocycles. The summed E-state index contributed by atoms with van der Waals surface area (Å²) in [5.74, 6) is 0.455. The predicted octanol–water partition coefficient (Wildman–Crippen LogP) is 3.42. The highest BCUT2D eigenvalue weighted by molar-refractivity contribution is 6.08. The molecule has 0 aromatic carbocycles. The average Bonchev–Trinajstić information content (AvgIpc) is 1.98. The maximum absolute atomic E-state index is 5.38. The zero-order valence-corrected chi connectivity index (χ0v) is 6.80. The Hall–Kier alpha value is -0.0151. The predicted molar refractivity (Wildman–Crippen MR) is 69.3 cm³/mol. The summed E-state index contributed by atoms with van der Waals surface area (Å²) in [7, 11) is 7.04. The maximum atomic E-state index is 5.38. The molecule has 2 radical (unpaired) electrons. The molecule has 1 unspecified atom stereocenters. The van der Waals surface area contributed by atoms with Crippen LogP contribution < -0.4 is 0 Å². The third-order valence-corrected chi connectivity index (χ3v) is 1.24. The van der Waals surface area contributed by atoms with E-state index in [0.717, 1.165) is 6.61 Å². The first kappa shape index (κ1) is 29.2. The standard InChI is InChI=1S/C7H15BO2.4CH4/c1-7(5-8)6-10-4-3-9-2;;;;/h7H,3-6H2,1-2H3;4*1H4. The van der Waals surface area contributed by atoms with Crippen LogP contribution in [0.2, 0.25) is 6.32 Å². The topological polar surface area (TPSA) is 18.5 Å². The van der Waals surface area contributed by atoms with Crippen LogP contribution in [0.1, 0.15) is 36.6 Å². The Labute approximate surface area is 93.8 Å². The van der Waals surface area contributed by atoms with E-state index < -0.39 is 0 Å². The molecule has 0 aliphatic carbocycles. The second-order valence-electron chi connectivity index (χ2n) is 2.41. The minimum absolute atomic E-state index is 0. The molecule has 90 valence electrons. The smallest absolute Gasteiger partial charge is 0.0700 e. The molecule has 14 heavy (non-hydrogen) atoms. The number of ether oxygens (including phenoxy) is 2. The lowest BCUT2D eigenvalue weighted by atomic mass is 9.93. The lowest BCUT2D eigenvalue weighted by Crippen LogP contribution is -2.09. The van der Waals surface area contributed by atoms with Gasteiger partial charge in [-0.05, 0) is 5.92 Å². The number of rotatable bonds is 6. The van der Waals surface area contributed by atoms with Gasteiger partial charge in [0.15, 0.2) is 0 Å². The van der Waals surface area contributed by atoms with Gasteiger partial charge < -0.3 is 9.47 Å². The third kappa shape index (κ3) is 22.7. The van der Waals surface area contributed by atoms with Crippen molar-refractivity contribution in [3.63, 3.8) is 0 Å². The van der Waals surface area contributed by atoms with Crippen molar-refractivity contribution in [2.75, 3.05) is 26.9 Å². The quantitative estimate of drug-likeness (QED) is 0.489. The molecule has 3 heteroatoms. The molecule has 0 spiro atoms. The molecule has 0 fully saturated rings. The van der Waals surface area contributed by atoms with E-state index in [2.05, 4.69) is 6.92 Å². The van der Waals surface area contributed by atoms with Crippen LogP contribution in [-0.4, -0.2) is 34.8 Å². The van der Waals surface area contributed by atoms with E-state index in [0.29, 0.717) is 25.5 Å². The Bertz CT molecular complexity index is 70.3. The summed E-state index contributed by atoms with van der Waals surface area (Å²) in [6.45, 7) is 4.13. The van der Waals surface area contributed by atoms with Crippen LogP contribution in [0.5, 0.6) is 0 Å². The van der Waals surface area contributed by atoms with Crippen LogP contribution in [0.25, 0.3) is 0 Å². The average molecular weight is 206 g/mol. The normalized spacial score (nSPS) is 9.57. The van der Waals surface area contributed by atoms with Crippen molar-refractivity contribution in [3.8, 4) is 0 Å². The van der Waals surface area contributed by atoms with Crippen LogP contribution in [0.15, 0.2) is 0 Å². The van der Waals surface area contributed by atoms with Crippen molar-refractivity contribution in [3.05, 3.63) is 0 Å². The second kappa shape index (κ2) is 23.1. The molecule has 0 rings (SSSR count). The van der Waals surface area contributed by atoms with Gasteiger partial charge in [0.2, 0.25) is 0 Å². The van der Waals surface area contributed by atoms with Crippen molar-refractivity contribution in [1.29, 1.82) is 0 Å². The molecule has 0 amide bonds. The van der Waals surface area contributed by atoms with E-state index in [1.165, 1.54) is 0 Å². The highest BCUT2D eigenvalue weighted by Gasteiger charge is 1.96. The molecule has 0 aliphatic rings. The third-order valence-electron chi connectivity index (χ3n) is 1.24. The van der Waals surface area contributed by atoms with Crippen molar-refractivity contribution in [2.45, 2.75) is 43.0 Å². The Morgan fingerprint density at radius 1 is 1.07 bits per heavy atom. The minimum Gasteiger partial charge on any atom is -0.382 e. The van der Waals surface area contributed by atoms with E-state index in [1.807, 2.05) is 0 Å². The zero-order valence-electron chi connectivity index (χ0n) is 6.80. The van der Waals surface area contributed by atoms with Crippen LogP contribution in [0.4, 0.5) is 0 Å². The van der Waals surface area contributed by atoms with Gasteiger partial charge in [0.25, 0.3) is 0 Å². The molecule has 0 aliphatic heterocycles. The van der Waals surface area contributed by atoms with E-state index in [9.17, 15) is 0 Å². The lowest BCUT2D eigenvalue weighted by Gasteiger charge is -2.08. The number of hydrogen-bond acceptors (Lipinski definition) is 2. The van der Waals surface area contributed by atoms with Crippen molar-refractivity contribution >= 4 is 7.85 Å².